The van der Waals surface area contributed by atoms with Crippen LogP contribution < -0.4 is 20.9 Å². The first-order valence-corrected chi connectivity index (χ1v) is 14.2. The Kier molecular flexibility index (Phi) is 19.0. The maximum absolute atomic E-state index is 12.8. The molecule has 1 fully saturated rings. The highest BCUT2D eigenvalue weighted by atomic mass is 32.2. The lowest BCUT2D eigenvalue weighted by atomic mass is 10.1. The summed E-state index contributed by atoms with van der Waals surface area (Å²) in [6.07, 6.45) is 9.50. The smallest absolute Gasteiger partial charge is 0.240 e. The minimum absolute atomic E-state index is 0. The summed E-state index contributed by atoms with van der Waals surface area (Å²) in [5.41, 5.74) is 1.57. The molecule has 0 aromatic heterocycles. The van der Waals surface area contributed by atoms with Gasteiger partial charge >= 0.3 is 0 Å². The number of carbonyl (C=O) groups is 3. The summed E-state index contributed by atoms with van der Waals surface area (Å²) in [7, 11) is 1.78. The molecule has 1 aromatic rings. The zero-order valence-corrected chi connectivity index (χ0v) is 23.3. The molecule has 3 N–H and O–H groups in total. The van der Waals surface area contributed by atoms with Crippen LogP contribution >= 0.6 is 11.8 Å². The minimum Gasteiger partial charge on any atom is -0.383 e. The first-order valence-electron chi connectivity index (χ1n) is 13.2. The molecule has 1 saturated heterocycles. The van der Waals surface area contributed by atoms with Gasteiger partial charge in [0.25, 0.3) is 0 Å². The Bertz CT molecular complexity index is 1010. The molecule has 1 aromatic carbocycles. The van der Waals surface area contributed by atoms with Crippen molar-refractivity contribution >= 4 is 40.9 Å². The molecule has 2 atom stereocenters. The van der Waals surface area contributed by atoms with Crippen LogP contribution in [0, 0.1) is 29.6 Å². The van der Waals surface area contributed by atoms with Crippen molar-refractivity contribution in [2.45, 2.75) is 59.1 Å². The number of benzene rings is 1. The monoisotopic (exact) mass is 576 g/mol. The van der Waals surface area contributed by atoms with E-state index in [9.17, 15) is 19.6 Å². The van der Waals surface area contributed by atoms with Crippen molar-refractivity contribution in [1.29, 1.82) is 5.26 Å². The summed E-state index contributed by atoms with van der Waals surface area (Å²) in [5.74, 6) is 1.77. The molecule has 40 heavy (non-hydrogen) atoms. The number of hydrogen-bond donors (Lipinski definition) is 3. The van der Waals surface area contributed by atoms with Crippen molar-refractivity contribution in [2.75, 3.05) is 62.3 Å². The lowest BCUT2D eigenvalue weighted by molar-refractivity contribution is -0.121. The number of likely N-dealkylation sites (N-methyl/N-ethyl adjacent to an activating group) is 1. The van der Waals surface area contributed by atoms with Crippen molar-refractivity contribution in [3.8, 4) is 18.4 Å². The molecule has 1 unspecified atom stereocenters. The normalized spacial score (nSPS) is 14.1. The molecule has 9 nitrogen and oxygen atoms in total. The van der Waals surface area contributed by atoms with Crippen LogP contribution in [0.5, 0.6) is 0 Å². The van der Waals surface area contributed by atoms with Crippen molar-refractivity contribution in [3.05, 3.63) is 24.3 Å². The van der Waals surface area contributed by atoms with E-state index in [-0.39, 0.29) is 48.4 Å². The molecule has 1 heterocycles. The van der Waals surface area contributed by atoms with Gasteiger partial charge in [-0.05, 0) is 50.6 Å². The van der Waals surface area contributed by atoms with Crippen LogP contribution in [0.4, 0.5) is 11.4 Å². The van der Waals surface area contributed by atoms with E-state index in [1.807, 2.05) is 31.2 Å². The number of amides is 3. The Morgan fingerprint density at radius 1 is 1.20 bits per heavy atom. The number of anilines is 2. The maximum atomic E-state index is 12.8. The predicted octanol–water partition coefficient (Wildman–Crippen LogP) is 4.22. The Morgan fingerprint density at radius 3 is 2.58 bits per heavy atom. The van der Waals surface area contributed by atoms with Crippen LogP contribution in [0.25, 0.3) is 0 Å². The lowest BCUT2D eigenvalue weighted by Crippen LogP contribution is -2.40. The van der Waals surface area contributed by atoms with Crippen LogP contribution in [0.3, 0.4) is 0 Å². The highest BCUT2D eigenvalue weighted by molar-refractivity contribution is 8.00. The average Bonchev–Trinajstić information content (AvgIpc) is 2.94. The summed E-state index contributed by atoms with van der Waals surface area (Å²) in [6.45, 7) is 5.32. The van der Waals surface area contributed by atoms with Gasteiger partial charge in [0.2, 0.25) is 17.7 Å². The van der Waals surface area contributed by atoms with E-state index in [2.05, 4.69) is 32.8 Å². The van der Waals surface area contributed by atoms with Gasteiger partial charge in [-0.2, -0.15) is 5.26 Å². The van der Waals surface area contributed by atoms with Gasteiger partial charge in [-0.15, -0.1) is 18.2 Å². The second-order valence-electron chi connectivity index (χ2n) is 9.34. The fourth-order valence-corrected chi connectivity index (χ4v) is 5.10. The Balaban J connectivity index is -0.00000380. The van der Waals surface area contributed by atoms with Gasteiger partial charge in [-0.3, -0.25) is 19.3 Å². The molecule has 1 aliphatic heterocycles. The predicted molar refractivity (Wildman–Crippen MR) is 171 cm³/mol. The van der Waals surface area contributed by atoms with Crippen molar-refractivity contribution in [3.63, 3.8) is 0 Å². The zero-order valence-electron chi connectivity index (χ0n) is 22.5. The number of likely N-dealkylation sites (tertiary alicyclic amines) is 1. The highest BCUT2D eigenvalue weighted by Gasteiger charge is 2.23. The second-order valence-corrected chi connectivity index (χ2v) is 10.6. The number of nitriles is 1. The molecule has 3 amide bonds. The largest absolute Gasteiger partial charge is 0.383 e. The zero-order chi connectivity index (χ0) is 27.8. The van der Waals surface area contributed by atoms with Crippen LogP contribution in [-0.4, -0.2) is 79.9 Å². The molecule has 0 radical (unpaired) electrons. The van der Waals surface area contributed by atoms with Crippen molar-refractivity contribution in [2.24, 2.45) is 5.92 Å². The number of nitrogens with one attached hydrogen (secondary N) is 3. The first-order chi connectivity index (χ1) is 18.4. The number of thioether (sulfide) groups is 1. The summed E-state index contributed by atoms with van der Waals surface area (Å²) >= 11 is 1.35. The molecule has 0 saturated carbocycles. The second kappa shape index (κ2) is 20.7. The van der Waals surface area contributed by atoms with Gasteiger partial charge < -0.3 is 20.9 Å². The van der Waals surface area contributed by atoms with E-state index >= 15 is 0 Å². The van der Waals surface area contributed by atoms with E-state index in [1.165, 1.54) is 18.2 Å². The van der Waals surface area contributed by atoms with Gasteiger partial charge in [0.15, 0.2) is 0 Å². The summed E-state index contributed by atoms with van der Waals surface area (Å²) in [4.78, 5) is 41.5. The third-order valence-electron chi connectivity index (χ3n) is 6.25. The number of piperidine rings is 1. The van der Waals surface area contributed by atoms with Gasteiger partial charge in [-0.1, -0.05) is 40.2 Å². The number of rotatable bonds is 15. The SMILES string of the molecule is C.C.C#CCNC(=O)C[C@@H](C#N)CSC(CNc1cccc(N(C)C(=O)CN2CCCCC2)c1)C(=O)NCCC.[HH].[HH]. The summed E-state index contributed by atoms with van der Waals surface area (Å²) in [6, 6.07) is 9.71. The van der Waals surface area contributed by atoms with Crippen molar-refractivity contribution < 1.29 is 17.2 Å². The van der Waals surface area contributed by atoms with Crippen LogP contribution in [0.15, 0.2) is 24.3 Å². The molecule has 0 spiro atoms. The van der Waals surface area contributed by atoms with Crippen molar-refractivity contribution in [1.82, 2.24) is 15.5 Å². The van der Waals surface area contributed by atoms with E-state index in [4.69, 9.17) is 6.42 Å². The van der Waals surface area contributed by atoms with E-state index in [0.29, 0.717) is 25.4 Å². The van der Waals surface area contributed by atoms with Gasteiger partial charge in [-0.25, -0.2) is 0 Å². The average molecular weight is 577 g/mol. The molecule has 226 valence electrons. The lowest BCUT2D eigenvalue weighted by Gasteiger charge is -2.28. The number of hydrogen-bond acceptors (Lipinski definition) is 7. The molecule has 1 aliphatic rings. The van der Waals surface area contributed by atoms with Gasteiger partial charge in [0.05, 0.1) is 25.1 Å². The Morgan fingerprint density at radius 2 is 1.93 bits per heavy atom. The number of terminal acetylenes is 1. The van der Waals surface area contributed by atoms with Crippen LogP contribution in [-0.2, 0) is 14.4 Å². The summed E-state index contributed by atoms with van der Waals surface area (Å²) in [5, 5.41) is 17.8. The number of nitrogens with zero attached hydrogens (tertiary/aromatic N) is 3. The molecular weight excluding hydrogens is 524 g/mol. The Labute approximate surface area is 248 Å². The third-order valence-corrected chi connectivity index (χ3v) is 7.63. The summed E-state index contributed by atoms with van der Waals surface area (Å²) < 4.78 is 0. The molecule has 2 rings (SSSR count). The van der Waals surface area contributed by atoms with E-state index < -0.39 is 11.2 Å². The molecule has 0 aliphatic carbocycles. The van der Waals surface area contributed by atoms with Crippen LogP contribution in [0.1, 0.15) is 56.7 Å². The molecule has 10 heteroatoms. The molecule has 0 bridgehead atoms. The van der Waals surface area contributed by atoms with Gasteiger partial charge in [0, 0.05) is 46.5 Å². The van der Waals surface area contributed by atoms with E-state index in [1.54, 1.807) is 11.9 Å². The first kappa shape index (κ1) is 36.8. The minimum atomic E-state index is -0.540. The third kappa shape index (κ3) is 13.2. The quantitative estimate of drug-likeness (QED) is 0.268. The fourth-order valence-electron chi connectivity index (χ4n) is 4.00. The number of carbonyl (C=O) groups excluding carboxylic acids is 3. The topological polar surface area (TPSA) is 118 Å². The molecular formula is C30H52N6O3S. The maximum Gasteiger partial charge on any atom is 0.240 e. The standard InChI is InChI=1S/C28H40N6O3S.2CH4.2H2/c1-4-12-30-26(35)16-22(18-29)21-38-25(28(37)31-13-5-2)19-32-23-10-9-11-24(17-23)33(3)27(36)20-34-14-7-6-8-15-34;;;;/h1,9-11,17,22,25,32H,5-8,12-16,19-21H2,2-3H3,(H,30,35)(H,31,37);2*1H4;2*1H/t22-,25?;;;;/m0..../s1. The highest BCUT2D eigenvalue weighted by Crippen LogP contribution is 2.22. The Hall–Kier alpha value is -3.21. The van der Waals surface area contributed by atoms with Gasteiger partial charge in [0.1, 0.15) is 5.25 Å². The fraction of sp³-hybridized carbons (Fsp3) is 0.600. The van der Waals surface area contributed by atoms with Crippen LogP contribution in [0.2, 0.25) is 0 Å². The van der Waals surface area contributed by atoms with E-state index in [0.717, 1.165) is 43.7 Å².